The van der Waals surface area contributed by atoms with E-state index in [1.807, 2.05) is 54.6 Å². The van der Waals surface area contributed by atoms with Crippen molar-refractivity contribution in [3.63, 3.8) is 0 Å². The summed E-state index contributed by atoms with van der Waals surface area (Å²) in [6.07, 6.45) is 0.242. The second kappa shape index (κ2) is 14.6. The van der Waals surface area contributed by atoms with E-state index in [0.717, 1.165) is 15.6 Å². The number of carbonyl (C=O) groups excluding carboxylic acids is 3. The van der Waals surface area contributed by atoms with Gasteiger partial charge in [-0.05, 0) is 54.0 Å². The number of carboxylic acids is 1. The molecular weight excluding hydrogens is 542 g/mol. The molecule has 0 aliphatic heterocycles. The maximum Gasteiger partial charge on any atom is 0.407 e. The third kappa shape index (κ3) is 8.91. The van der Waals surface area contributed by atoms with Crippen LogP contribution in [0.4, 0.5) is 10.5 Å². The van der Waals surface area contributed by atoms with Crippen LogP contribution in [0.2, 0.25) is 0 Å². The summed E-state index contributed by atoms with van der Waals surface area (Å²) in [4.78, 5) is 50.2. The van der Waals surface area contributed by atoms with Crippen molar-refractivity contribution < 1.29 is 29.0 Å². The van der Waals surface area contributed by atoms with Crippen LogP contribution in [0, 0.1) is 0 Å². The Hall–Kier alpha value is -4.70. The molecule has 0 spiro atoms. The fraction of sp³-hybridized carbons (Fsp3) is 0.226. The number of alkyl carbamates (subject to hydrolysis) is 1. The number of rotatable bonds is 13. The van der Waals surface area contributed by atoms with E-state index in [4.69, 9.17) is 9.84 Å². The number of amides is 3. The molecule has 0 saturated carbocycles. The molecule has 4 rings (SSSR count). The van der Waals surface area contributed by atoms with Crippen LogP contribution in [0.15, 0.2) is 84.9 Å². The number of aliphatic carboxylic acids is 1. The average molecular weight is 574 g/mol. The Labute approximate surface area is 241 Å². The molecule has 212 valence electrons. The molecule has 0 unspecified atom stereocenters. The number of hydrogen-bond acceptors (Lipinski definition) is 6. The number of ether oxygens (including phenoxy) is 1. The Morgan fingerprint density at radius 3 is 2.41 bits per heavy atom. The van der Waals surface area contributed by atoms with Crippen molar-refractivity contribution in [2.24, 2.45) is 0 Å². The number of nitrogens with one attached hydrogen (secondary N) is 3. The summed E-state index contributed by atoms with van der Waals surface area (Å²) in [5.41, 5.74) is 2.04. The van der Waals surface area contributed by atoms with E-state index >= 15 is 0 Å². The van der Waals surface area contributed by atoms with E-state index in [1.165, 1.54) is 11.3 Å². The third-order valence-electron chi connectivity index (χ3n) is 6.31. The largest absolute Gasteiger partial charge is 0.481 e. The molecule has 10 heteroatoms. The summed E-state index contributed by atoms with van der Waals surface area (Å²) >= 11 is 1.34. The molecule has 3 aromatic carbocycles. The predicted octanol–water partition coefficient (Wildman–Crippen LogP) is 5.36. The van der Waals surface area contributed by atoms with Gasteiger partial charge >= 0.3 is 12.1 Å². The van der Waals surface area contributed by atoms with Gasteiger partial charge in [-0.25, -0.2) is 4.79 Å². The third-order valence-corrected chi connectivity index (χ3v) is 7.42. The first-order valence-electron chi connectivity index (χ1n) is 13.2. The molecule has 0 aliphatic carbocycles. The highest BCUT2D eigenvalue weighted by atomic mass is 32.1. The summed E-state index contributed by atoms with van der Waals surface area (Å²) < 4.78 is 6.19. The Morgan fingerprint density at radius 2 is 1.63 bits per heavy atom. The van der Waals surface area contributed by atoms with Crippen molar-refractivity contribution in [1.82, 2.24) is 10.6 Å². The summed E-state index contributed by atoms with van der Waals surface area (Å²) in [6.45, 7) is 0.384. The van der Waals surface area contributed by atoms with Crippen molar-refractivity contribution >= 4 is 51.0 Å². The van der Waals surface area contributed by atoms with Gasteiger partial charge in [-0.2, -0.15) is 0 Å². The Morgan fingerprint density at radius 1 is 0.902 bits per heavy atom. The standard InChI is InChI=1S/C31H31N3O6S/c35-28(36)17-16-22-11-4-6-13-24(22)33-29(37)25(34-30(38)27-19-23-12-5-7-15-26(23)41-27)14-8-18-32-31(39)40-20-21-9-2-1-3-10-21/h1-7,9-13,15,19,25H,8,14,16-18,20H2,(H,32,39)(H,33,37)(H,34,38)(H,35,36)/t25-/m0/s1. The number of aryl methyl sites for hydroxylation is 1. The minimum Gasteiger partial charge on any atom is -0.481 e. The molecule has 4 N–H and O–H groups in total. The molecule has 3 amide bonds. The molecule has 0 bridgehead atoms. The normalized spacial score (nSPS) is 11.4. The maximum absolute atomic E-state index is 13.4. The monoisotopic (exact) mass is 573 g/mol. The molecule has 0 fully saturated rings. The number of thiophene rings is 1. The van der Waals surface area contributed by atoms with Crippen molar-refractivity contribution in [3.05, 3.63) is 101 Å². The molecular formula is C31H31N3O6S. The second-order valence-electron chi connectivity index (χ2n) is 9.35. The quantitative estimate of drug-likeness (QED) is 0.159. The number of hydrogen-bond donors (Lipinski definition) is 4. The van der Waals surface area contributed by atoms with Crippen molar-refractivity contribution in [3.8, 4) is 0 Å². The summed E-state index contributed by atoms with van der Waals surface area (Å²) in [5.74, 6) is -1.75. The van der Waals surface area contributed by atoms with Gasteiger partial charge in [0.15, 0.2) is 0 Å². The lowest BCUT2D eigenvalue weighted by Gasteiger charge is -2.19. The van der Waals surface area contributed by atoms with Crippen LogP contribution < -0.4 is 16.0 Å². The molecule has 0 radical (unpaired) electrons. The van der Waals surface area contributed by atoms with Gasteiger partial charge in [0.25, 0.3) is 5.91 Å². The van der Waals surface area contributed by atoms with E-state index in [-0.39, 0.29) is 38.3 Å². The zero-order valence-corrected chi connectivity index (χ0v) is 23.1. The van der Waals surface area contributed by atoms with Crippen LogP contribution in [0.1, 0.15) is 40.1 Å². The first kappa shape index (κ1) is 29.3. The number of carbonyl (C=O) groups is 4. The van der Waals surface area contributed by atoms with Gasteiger partial charge in [0.1, 0.15) is 12.6 Å². The Kier molecular flexibility index (Phi) is 10.4. The smallest absolute Gasteiger partial charge is 0.407 e. The fourth-order valence-corrected chi connectivity index (χ4v) is 5.15. The molecule has 4 aromatic rings. The molecule has 1 heterocycles. The van der Waals surface area contributed by atoms with Crippen molar-refractivity contribution in [2.75, 3.05) is 11.9 Å². The van der Waals surface area contributed by atoms with Gasteiger partial charge in [-0.15, -0.1) is 11.3 Å². The van der Waals surface area contributed by atoms with Crippen LogP contribution in [-0.2, 0) is 27.4 Å². The van der Waals surface area contributed by atoms with E-state index in [2.05, 4.69) is 16.0 Å². The lowest BCUT2D eigenvalue weighted by Crippen LogP contribution is -2.44. The predicted molar refractivity (Wildman–Crippen MR) is 158 cm³/mol. The van der Waals surface area contributed by atoms with Crippen LogP contribution >= 0.6 is 11.3 Å². The SMILES string of the molecule is O=C(O)CCc1ccccc1NC(=O)[C@H](CCCNC(=O)OCc1ccccc1)NC(=O)c1cc2ccccc2s1. The summed E-state index contributed by atoms with van der Waals surface area (Å²) in [7, 11) is 0. The minimum absolute atomic E-state index is 0.0783. The van der Waals surface area contributed by atoms with Gasteiger partial charge < -0.3 is 25.8 Å². The fourth-order valence-electron chi connectivity index (χ4n) is 4.18. The highest BCUT2D eigenvalue weighted by molar-refractivity contribution is 7.20. The van der Waals surface area contributed by atoms with Gasteiger partial charge in [-0.3, -0.25) is 14.4 Å². The number of anilines is 1. The zero-order chi connectivity index (χ0) is 29.0. The maximum atomic E-state index is 13.4. The molecule has 41 heavy (non-hydrogen) atoms. The highest BCUT2D eigenvalue weighted by Gasteiger charge is 2.23. The van der Waals surface area contributed by atoms with Gasteiger partial charge in [0, 0.05) is 23.4 Å². The van der Waals surface area contributed by atoms with E-state index < -0.39 is 24.0 Å². The van der Waals surface area contributed by atoms with Gasteiger partial charge in [0.2, 0.25) is 5.91 Å². The Balaban J connectivity index is 1.39. The van der Waals surface area contributed by atoms with Crippen LogP contribution in [0.3, 0.4) is 0 Å². The zero-order valence-electron chi connectivity index (χ0n) is 22.3. The van der Waals surface area contributed by atoms with Crippen LogP contribution in [0.25, 0.3) is 10.1 Å². The summed E-state index contributed by atoms with van der Waals surface area (Å²) in [5, 5.41) is 18.4. The number of para-hydroxylation sites is 1. The number of carboxylic acid groups (broad SMARTS) is 1. The second-order valence-corrected chi connectivity index (χ2v) is 10.4. The van der Waals surface area contributed by atoms with Gasteiger partial charge in [-0.1, -0.05) is 66.7 Å². The Bertz CT molecular complexity index is 1470. The highest BCUT2D eigenvalue weighted by Crippen LogP contribution is 2.25. The first-order chi connectivity index (χ1) is 19.9. The number of fused-ring (bicyclic) bond motifs is 1. The number of benzene rings is 3. The van der Waals surface area contributed by atoms with Crippen LogP contribution in [-0.4, -0.2) is 41.6 Å². The van der Waals surface area contributed by atoms with Crippen LogP contribution in [0.5, 0.6) is 0 Å². The molecule has 1 aromatic heterocycles. The first-order valence-corrected chi connectivity index (χ1v) is 14.1. The lowest BCUT2D eigenvalue weighted by atomic mass is 10.1. The minimum atomic E-state index is -0.936. The summed E-state index contributed by atoms with van der Waals surface area (Å²) in [6, 6.07) is 24.8. The lowest BCUT2D eigenvalue weighted by molar-refractivity contribution is -0.137. The van der Waals surface area contributed by atoms with E-state index in [9.17, 15) is 19.2 Å². The molecule has 0 aliphatic rings. The van der Waals surface area contributed by atoms with E-state index in [0.29, 0.717) is 22.5 Å². The van der Waals surface area contributed by atoms with Gasteiger partial charge in [0.05, 0.1) is 4.88 Å². The molecule has 0 saturated heterocycles. The molecule has 9 nitrogen and oxygen atoms in total. The van der Waals surface area contributed by atoms with E-state index in [1.54, 1.807) is 30.3 Å². The molecule has 1 atom stereocenters. The van der Waals surface area contributed by atoms with Crippen molar-refractivity contribution in [2.45, 2.75) is 38.3 Å². The van der Waals surface area contributed by atoms with Crippen molar-refractivity contribution in [1.29, 1.82) is 0 Å². The topological polar surface area (TPSA) is 134 Å². The average Bonchev–Trinajstić information content (AvgIpc) is 3.42.